The van der Waals surface area contributed by atoms with E-state index < -0.39 is 17.2 Å². The number of amides is 3. The molecule has 9 heteroatoms. The minimum absolute atomic E-state index is 0.0518. The van der Waals surface area contributed by atoms with Crippen molar-refractivity contribution in [3.05, 3.63) is 0 Å². The van der Waals surface area contributed by atoms with Crippen LogP contribution < -0.4 is 11.1 Å². The molecule has 1 rings (SSSR count). The number of aromatic nitrogens is 2. The first-order chi connectivity index (χ1) is 8.43. The summed E-state index contributed by atoms with van der Waals surface area (Å²) >= 11 is 4.22. The van der Waals surface area contributed by atoms with Gasteiger partial charge in [-0.05, 0) is 12.2 Å². The maximum absolute atomic E-state index is 11.8. The quantitative estimate of drug-likeness (QED) is 0.801. The molecule has 0 aliphatic carbocycles. The largest absolute Gasteiger partial charge is 0.351 e. The molecule has 1 atom stereocenters. The molecule has 0 bridgehead atoms. The summed E-state index contributed by atoms with van der Waals surface area (Å²) in [4.78, 5) is 22.5. The third-order valence-electron chi connectivity index (χ3n) is 1.90. The highest BCUT2D eigenvalue weighted by atomic mass is 32.2. The first-order valence-electron chi connectivity index (χ1n) is 5.08. The van der Waals surface area contributed by atoms with Crippen LogP contribution in [0.1, 0.15) is 13.8 Å². The van der Waals surface area contributed by atoms with Gasteiger partial charge in [-0.1, -0.05) is 48.7 Å². The van der Waals surface area contributed by atoms with E-state index in [4.69, 9.17) is 5.73 Å². The fourth-order valence-corrected chi connectivity index (χ4v) is 3.77. The number of rotatable bonds is 5. The molecule has 3 amide bonds. The Balaban J connectivity index is 2.73. The van der Waals surface area contributed by atoms with Crippen LogP contribution in [0.2, 0.25) is 0 Å². The molecule has 0 saturated heterocycles. The second kappa shape index (κ2) is 6.95. The first-order valence-corrected chi connectivity index (χ1v) is 8.00. The average Bonchev–Trinajstić information content (AvgIpc) is 2.71. The fraction of sp³-hybridized carbons (Fsp3) is 0.556. The van der Waals surface area contributed by atoms with Crippen molar-refractivity contribution in [1.29, 1.82) is 0 Å². The Morgan fingerprint density at radius 1 is 1.33 bits per heavy atom. The van der Waals surface area contributed by atoms with Gasteiger partial charge in [-0.3, -0.25) is 10.1 Å². The van der Waals surface area contributed by atoms with Crippen LogP contribution in [0.4, 0.5) is 4.79 Å². The second-order valence-electron chi connectivity index (χ2n) is 3.67. The zero-order valence-corrected chi connectivity index (χ0v) is 12.6. The van der Waals surface area contributed by atoms with Gasteiger partial charge in [0, 0.05) is 0 Å². The van der Waals surface area contributed by atoms with E-state index in [9.17, 15) is 9.59 Å². The van der Waals surface area contributed by atoms with Gasteiger partial charge in [0.05, 0.1) is 5.25 Å². The zero-order chi connectivity index (χ0) is 13.7. The van der Waals surface area contributed by atoms with Crippen LogP contribution in [0, 0.1) is 5.92 Å². The van der Waals surface area contributed by atoms with E-state index in [0.717, 1.165) is 4.34 Å². The Kier molecular flexibility index (Phi) is 5.89. The lowest BCUT2D eigenvalue weighted by Gasteiger charge is -2.16. The number of urea groups is 1. The zero-order valence-electron chi connectivity index (χ0n) is 10.2. The van der Waals surface area contributed by atoms with E-state index in [2.05, 4.69) is 15.5 Å². The topological polar surface area (TPSA) is 98.0 Å². The molecule has 0 aliphatic rings. The first kappa shape index (κ1) is 15.3. The van der Waals surface area contributed by atoms with Crippen molar-refractivity contribution < 1.29 is 9.59 Å². The molecule has 6 nitrogen and oxygen atoms in total. The Bertz CT molecular complexity index is 435. The van der Waals surface area contributed by atoms with Gasteiger partial charge in [-0.2, -0.15) is 0 Å². The maximum atomic E-state index is 11.8. The van der Waals surface area contributed by atoms with Crippen molar-refractivity contribution >= 4 is 46.8 Å². The summed E-state index contributed by atoms with van der Waals surface area (Å²) in [5.41, 5.74) is 4.94. The van der Waals surface area contributed by atoms with Crippen molar-refractivity contribution in [1.82, 2.24) is 15.5 Å². The van der Waals surface area contributed by atoms with Crippen molar-refractivity contribution in [3.8, 4) is 0 Å². The minimum Gasteiger partial charge on any atom is -0.351 e. The number of carbonyl (C=O) groups is 2. The monoisotopic (exact) mass is 306 g/mol. The summed E-state index contributed by atoms with van der Waals surface area (Å²) in [5, 5.41) is 9.62. The smallest absolute Gasteiger partial charge is 0.318 e. The van der Waals surface area contributed by atoms with Gasteiger partial charge < -0.3 is 5.73 Å². The number of imide groups is 1. The number of carbonyl (C=O) groups excluding carboxylic acids is 2. The number of primary amides is 1. The second-order valence-corrected chi connectivity index (χ2v) is 7.09. The van der Waals surface area contributed by atoms with E-state index in [1.807, 2.05) is 20.1 Å². The molecule has 1 heterocycles. The van der Waals surface area contributed by atoms with Gasteiger partial charge in [0.1, 0.15) is 0 Å². The summed E-state index contributed by atoms with van der Waals surface area (Å²) in [6, 6.07) is -0.840. The summed E-state index contributed by atoms with van der Waals surface area (Å²) in [6.45, 7) is 3.80. The lowest BCUT2D eigenvalue weighted by atomic mass is 10.1. The van der Waals surface area contributed by atoms with Crippen LogP contribution >= 0.6 is 34.9 Å². The highest BCUT2D eigenvalue weighted by molar-refractivity contribution is 8.03. The molecular weight excluding hydrogens is 292 g/mol. The molecule has 0 saturated carbocycles. The third kappa shape index (κ3) is 4.46. The van der Waals surface area contributed by atoms with Crippen molar-refractivity contribution in [2.24, 2.45) is 11.7 Å². The Hall–Kier alpha value is -0.800. The molecule has 0 radical (unpaired) electrons. The highest BCUT2D eigenvalue weighted by Gasteiger charge is 2.26. The van der Waals surface area contributed by atoms with Gasteiger partial charge in [-0.15, -0.1) is 10.2 Å². The van der Waals surface area contributed by atoms with Crippen molar-refractivity contribution in [2.45, 2.75) is 27.8 Å². The molecule has 0 aromatic carbocycles. The van der Waals surface area contributed by atoms with Crippen LogP contribution in [-0.4, -0.2) is 33.6 Å². The third-order valence-corrected chi connectivity index (χ3v) is 5.43. The highest BCUT2D eigenvalue weighted by Crippen LogP contribution is 2.33. The van der Waals surface area contributed by atoms with Crippen molar-refractivity contribution in [3.63, 3.8) is 0 Å². The predicted molar refractivity (Wildman–Crippen MR) is 73.9 cm³/mol. The Labute approximate surface area is 117 Å². The lowest BCUT2D eigenvalue weighted by Crippen LogP contribution is -2.42. The molecular formula is C9H14N4O2S3. The van der Waals surface area contributed by atoms with Gasteiger partial charge in [0.15, 0.2) is 8.68 Å². The van der Waals surface area contributed by atoms with Crippen LogP contribution in [0.15, 0.2) is 8.68 Å². The van der Waals surface area contributed by atoms with Crippen molar-refractivity contribution in [2.75, 3.05) is 6.26 Å². The number of nitrogens with two attached hydrogens (primary N) is 1. The van der Waals surface area contributed by atoms with E-state index in [0.29, 0.717) is 4.34 Å². The average molecular weight is 306 g/mol. The minimum atomic E-state index is -0.840. The normalized spacial score (nSPS) is 12.4. The van der Waals surface area contributed by atoms with Crippen LogP contribution in [0.3, 0.4) is 0 Å². The van der Waals surface area contributed by atoms with Crippen LogP contribution in [-0.2, 0) is 4.79 Å². The Morgan fingerprint density at radius 2 is 1.94 bits per heavy atom. The SMILES string of the molecule is CSc1nnc(SC(C(=O)NC(N)=O)C(C)C)s1. The fourth-order valence-electron chi connectivity index (χ4n) is 1.12. The van der Waals surface area contributed by atoms with Crippen LogP contribution in [0.5, 0.6) is 0 Å². The molecule has 1 aromatic rings. The summed E-state index contributed by atoms with van der Waals surface area (Å²) < 4.78 is 1.55. The molecule has 1 unspecified atom stereocenters. The molecule has 0 aliphatic heterocycles. The summed E-state index contributed by atoms with van der Waals surface area (Å²) in [6.07, 6.45) is 1.91. The van der Waals surface area contributed by atoms with E-state index in [1.165, 1.54) is 34.9 Å². The summed E-state index contributed by atoms with van der Waals surface area (Å²) in [7, 11) is 0. The van der Waals surface area contributed by atoms with E-state index in [1.54, 1.807) is 0 Å². The standard InChI is InChI=1S/C9H14N4O2S3/c1-4(2)5(6(14)11-7(10)15)17-9-13-12-8(16-3)18-9/h4-5H,1-3H3,(H3,10,11,14,15). The predicted octanol–water partition coefficient (Wildman–Crippen LogP) is 1.57. The van der Waals surface area contributed by atoms with Gasteiger partial charge in [0.25, 0.3) is 0 Å². The molecule has 100 valence electrons. The Morgan fingerprint density at radius 3 is 2.39 bits per heavy atom. The van der Waals surface area contributed by atoms with E-state index >= 15 is 0 Å². The molecule has 1 aromatic heterocycles. The number of thioether (sulfide) groups is 2. The molecule has 0 fully saturated rings. The van der Waals surface area contributed by atoms with Crippen LogP contribution in [0.25, 0.3) is 0 Å². The van der Waals surface area contributed by atoms with Gasteiger partial charge in [-0.25, -0.2) is 4.79 Å². The van der Waals surface area contributed by atoms with Gasteiger partial charge in [0.2, 0.25) is 5.91 Å². The number of nitrogens with zero attached hydrogens (tertiary/aromatic N) is 2. The lowest BCUT2D eigenvalue weighted by molar-refractivity contribution is -0.120. The maximum Gasteiger partial charge on any atom is 0.318 e. The number of nitrogens with one attached hydrogen (secondary N) is 1. The van der Waals surface area contributed by atoms with Gasteiger partial charge >= 0.3 is 6.03 Å². The molecule has 0 spiro atoms. The summed E-state index contributed by atoms with van der Waals surface area (Å²) in [5.74, 6) is -0.348. The number of hydrogen-bond donors (Lipinski definition) is 2. The molecule has 18 heavy (non-hydrogen) atoms. The number of hydrogen-bond acceptors (Lipinski definition) is 7. The van der Waals surface area contributed by atoms with E-state index in [-0.39, 0.29) is 5.92 Å². The molecule has 3 N–H and O–H groups in total.